The average Bonchev–Trinajstić information content (AvgIpc) is 2.49. The number of nitrogens with two attached hydrogens (primary N) is 1. The van der Waals surface area contributed by atoms with Crippen LogP contribution in [0.3, 0.4) is 0 Å². The third-order valence-corrected chi connectivity index (χ3v) is 4.54. The molecule has 1 aromatic rings. The van der Waals surface area contributed by atoms with Gasteiger partial charge in [-0.05, 0) is 42.9 Å². The molecule has 0 bridgehead atoms. The van der Waals surface area contributed by atoms with Gasteiger partial charge in [0.05, 0.1) is 6.04 Å². The highest BCUT2D eigenvalue weighted by atomic mass is 16.1. The molecule has 2 atom stereocenters. The Morgan fingerprint density at radius 3 is 2.77 bits per heavy atom. The monoisotopic (exact) mass is 303 g/mol. The number of rotatable bonds is 7. The maximum absolute atomic E-state index is 11.3. The van der Waals surface area contributed by atoms with E-state index in [0.717, 1.165) is 18.9 Å². The Hall–Kier alpha value is -1.39. The van der Waals surface area contributed by atoms with Gasteiger partial charge in [-0.1, -0.05) is 38.1 Å². The van der Waals surface area contributed by atoms with Crippen LogP contribution in [0.4, 0.5) is 0 Å². The van der Waals surface area contributed by atoms with E-state index in [-0.39, 0.29) is 11.9 Å². The summed E-state index contributed by atoms with van der Waals surface area (Å²) < 4.78 is 0. The molecule has 0 unspecified atom stereocenters. The summed E-state index contributed by atoms with van der Waals surface area (Å²) in [6, 6.07) is 8.25. The fourth-order valence-electron chi connectivity index (χ4n) is 3.23. The van der Waals surface area contributed by atoms with Gasteiger partial charge in [-0.2, -0.15) is 0 Å². The number of hydrogen-bond donors (Lipinski definition) is 2. The number of primary amides is 1. The quantitative estimate of drug-likeness (QED) is 0.812. The van der Waals surface area contributed by atoms with E-state index in [2.05, 4.69) is 41.4 Å². The lowest BCUT2D eigenvalue weighted by atomic mass is 9.99. The predicted molar refractivity (Wildman–Crippen MR) is 90.2 cm³/mol. The van der Waals surface area contributed by atoms with Gasteiger partial charge in [-0.15, -0.1) is 0 Å². The highest BCUT2D eigenvalue weighted by Gasteiger charge is 2.18. The van der Waals surface area contributed by atoms with Gasteiger partial charge >= 0.3 is 0 Å². The molecule has 0 aliphatic carbocycles. The summed E-state index contributed by atoms with van der Waals surface area (Å²) in [5, 5.41) is 3.28. The van der Waals surface area contributed by atoms with Crippen LogP contribution in [0, 0.1) is 5.92 Å². The molecule has 1 aromatic carbocycles. The second kappa shape index (κ2) is 8.30. The van der Waals surface area contributed by atoms with Crippen LogP contribution in [-0.4, -0.2) is 29.9 Å². The number of benzene rings is 1. The van der Waals surface area contributed by atoms with Crippen LogP contribution in [0.15, 0.2) is 24.3 Å². The largest absolute Gasteiger partial charge is 0.368 e. The molecular weight excluding hydrogens is 274 g/mol. The fraction of sp³-hybridized carbons (Fsp3) is 0.611. The molecule has 122 valence electrons. The minimum atomic E-state index is -0.273. The lowest BCUT2D eigenvalue weighted by molar-refractivity contribution is -0.120. The molecule has 1 fully saturated rings. The molecule has 4 heteroatoms. The molecule has 4 nitrogen and oxygen atoms in total. The number of carbonyl (C=O) groups is 1. The second-order valence-electron chi connectivity index (χ2n) is 6.50. The molecule has 1 amide bonds. The van der Waals surface area contributed by atoms with Gasteiger partial charge in [0.15, 0.2) is 0 Å². The Kier molecular flexibility index (Phi) is 6.40. The van der Waals surface area contributed by atoms with E-state index in [1.54, 1.807) is 0 Å². The van der Waals surface area contributed by atoms with Crippen molar-refractivity contribution in [3.8, 4) is 0 Å². The Labute approximate surface area is 134 Å². The number of likely N-dealkylation sites (tertiary alicyclic amines) is 1. The first kappa shape index (κ1) is 17.0. The van der Waals surface area contributed by atoms with Crippen molar-refractivity contribution in [2.75, 3.05) is 13.1 Å². The van der Waals surface area contributed by atoms with Crippen molar-refractivity contribution >= 4 is 5.91 Å². The Morgan fingerprint density at radius 2 is 2.14 bits per heavy atom. The molecule has 22 heavy (non-hydrogen) atoms. The van der Waals surface area contributed by atoms with Crippen molar-refractivity contribution in [2.45, 2.75) is 52.2 Å². The van der Waals surface area contributed by atoms with Crippen LogP contribution in [0.2, 0.25) is 0 Å². The Morgan fingerprint density at radius 1 is 1.41 bits per heavy atom. The van der Waals surface area contributed by atoms with Crippen molar-refractivity contribution in [2.24, 2.45) is 11.7 Å². The highest BCUT2D eigenvalue weighted by Crippen LogP contribution is 2.19. The van der Waals surface area contributed by atoms with Gasteiger partial charge in [0.1, 0.15) is 0 Å². The average molecular weight is 303 g/mol. The van der Waals surface area contributed by atoms with E-state index >= 15 is 0 Å². The van der Waals surface area contributed by atoms with Gasteiger partial charge in [0, 0.05) is 19.6 Å². The number of hydrogen-bond acceptors (Lipinski definition) is 3. The van der Waals surface area contributed by atoms with E-state index < -0.39 is 0 Å². The van der Waals surface area contributed by atoms with Crippen LogP contribution in [0.5, 0.6) is 0 Å². The topological polar surface area (TPSA) is 58.4 Å². The predicted octanol–water partition coefficient (Wildman–Crippen LogP) is 2.27. The SMILES string of the molecule is CC[C@@H](NCc1ccccc1CN1CCC[C@H](C)C1)C(N)=O. The van der Waals surface area contributed by atoms with Crippen molar-refractivity contribution in [3.63, 3.8) is 0 Å². The van der Waals surface area contributed by atoms with Crippen LogP contribution >= 0.6 is 0 Å². The number of carbonyl (C=O) groups excluding carboxylic acids is 1. The van der Waals surface area contributed by atoms with E-state index in [0.29, 0.717) is 6.54 Å². The first-order valence-corrected chi connectivity index (χ1v) is 8.42. The molecule has 1 heterocycles. The van der Waals surface area contributed by atoms with Gasteiger partial charge in [0.25, 0.3) is 0 Å². The maximum Gasteiger partial charge on any atom is 0.234 e. The highest BCUT2D eigenvalue weighted by molar-refractivity contribution is 5.79. The molecule has 0 radical (unpaired) electrons. The summed E-state index contributed by atoms with van der Waals surface area (Å²) in [5.41, 5.74) is 8.02. The lowest BCUT2D eigenvalue weighted by Crippen LogP contribution is -2.40. The summed E-state index contributed by atoms with van der Waals surface area (Å²) in [6.45, 7) is 8.37. The van der Waals surface area contributed by atoms with Crippen LogP contribution in [0.25, 0.3) is 0 Å². The molecule has 3 N–H and O–H groups in total. The standard InChI is InChI=1S/C18H29N3O/c1-3-17(18(19)22)20-11-15-8-4-5-9-16(15)13-21-10-6-7-14(2)12-21/h4-5,8-9,14,17,20H,3,6-7,10-13H2,1-2H3,(H2,19,22)/t14-,17+/m0/s1. The smallest absolute Gasteiger partial charge is 0.234 e. The molecule has 1 aliphatic heterocycles. The minimum Gasteiger partial charge on any atom is -0.368 e. The normalized spacial score (nSPS) is 20.7. The summed E-state index contributed by atoms with van der Waals surface area (Å²) in [6.07, 6.45) is 3.36. The molecule has 0 spiro atoms. The van der Waals surface area contributed by atoms with Gasteiger partial charge in [-0.3, -0.25) is 9.69 Å². The van der Waals surface area contributed by atoms with E-state index in [1.165, 1.54) is 37.1 Å². The number of nitrogens with one attached hydrogen (secondary N) is 1. The summed E-state index contributed by atoms with van der Waals surface area (Å²) in [5.74, 6) is 0.517. The van der Waals surface area contributed by atoms with E-state index in [9.17, 15) is 4.79 Å². The molecule has 1 aliphatic rings. The number of piperidine rings is 1. The fourth-order valence-corrected chi connectivity index (χ4v) is 3.23. The number of amides is 1. The van der Waals surface area contributed by atoms with Crippen molar-refractivity contribution < 1.29 is 4.79 Å². The van der Waals surface area contributed by atoms with E-state index in [1.807, 2.05) is 6.92 Å². The maximum atomic E-state index is 11.3. The van der Waals surface area contributed by atoms with Gasteiger partial charge in [-0.25, -0.2) is 0 Å². The minimum absolute atomic E-state index is 0.247. The third-order valence-electron chi connectivity index (χ3n) is 4.54. The van der Waals surface area contributed by atoms with Gasteiger partial charge in [0.2, 0.25) is 5.91 Å². The van der Waals surface area contributed by atoms with Gasteiger partial charge < -0.3 is 11.1 Å². The summed E-state index contributed by atoms with van der Waals surface area (Å²) >= 11 is 0. The third kappa shape index (κ3) is 4.82. The number of nitrogens with zero attached hydrogens (tertiary/aromatic N) is 1. The Bertz CT molecular complexity index is 489. The molecule has 1 saturated heterocycles. The molecular formula is C18H29N3O. The van der Waals surface area contributed by atoms with Crippen molar-refractivity contribution in [1.29, 1.82) is 0 Å². The van der Waals surface area contributed by atoms with Crippen LogP contribution in [-0.2, 0) is 17.9 Å². The molecule has 2 rings (SSSR count). The Balaban J connectivity index is 1.98. The molecule has 0 saturated carbocycles. The zero-order valence-electron chi connectivity index (χ0n) is 13.8. The summed E-state index contributed by atoms with van der Waals surface area (Å²) in [4.78, 5) is 13.9. The second-order valence-corrected chi connectivity index (χ2v) is 6.50. The van der Waals surface area contributed by atoms with Crippen LogP contribution < -0.4 is 11.1 Å². The van der Waals surface area contributed by atoms with Crippen molar-refractivity contribution in [3.05, 3.63) is 35.4 Å². The zero-order chi connectivity index (χ0) is 15.9. The zero-order valence-corrected chi connectivity index (χ0v) is 13.8. The lowest BCUT2D eigenvalue weighted by Gasteiger charge is -2.31. The van der Waals surface area contributed by atoms with Crippen molar-refractivity contribution in [1.82, 2.24) is 10.2 Å². The molecule has 0 aromatic heterocycles. The first-order chi connectivity index (χ1) is 10.6. The van der Waals surface area contributed by atoms with E-state index in [4.69, 9.17) is 5.73 Å². The summed E-state index contributed by atoms with van der Waals surface area (Å²) in [7, 11) is 0. The first-order valence-electron chi connectivity index (χ1n) is 8.42. The van der Waals surface area contributed by atoms with Crippen LogP contribution in [0.1, 0.15) is 44.2 Å².